The summed E-state index contributed by atoms with van der Waals surface area (Å²) in [5.41, 5.74) is -0.126. The summed E-state index contributed by atoms with van der Waals surface area (Å²) in [6, 6.07) is 5.03. The van der Waals surface area contributed by atoms with Crippen LogP contribution in [-0.2, 0) is 4.74 Å². The molecule has 0 unspecified atom stereocenters. The van der Waals surface area contributed by atoms with Crippen LogP contribution < -0.4 is 24.3 Å². The maximum atomic E-state index is 12.8. The molecule has 0 saturated heterocycles. The molecule has 2 aromatic carbocycles. The van der Waals surface area contributed by atoms with E-state index in [-0.39, 0.29) is 28.3 Å². The molecule has 1 amide bonds. The molecule has 0 aliphatic heterocycles. The van der Waals surface area contributed by atoms with Gasteiger partial charge in [0.25, 0.3) is 5.91 Å². The summed E-state index contributed by atoms with van der Waals surface area (Å²) >= 11 is 3.30. The van der Waals surface area contributed by atoms with E-state index in [0.717, 1.165) is 19.2 Å². The summed E-state index contributed by atoms with van der Waals surface area (Å²) < 4.78 is 50.5. The Hall–Kier alpha value is -3.08. The summed E-state index contributed by atoms with van der Waals surface area (Å²) in [4.78, 5) is 24.9. The highest BCUT2D eigenvalue weighted by atomic mass is 79.9. The van der Waals surface area contributed by atoms with Crippen molar-refractivity contribution in [1.82, 2.24) is 0 Å². The Kier molecular flexibility index (Phi) is 7.81. The molecule has 0 atom stereocenters. The van der Waals surface area contributed by atoms with Gasteiger partial charge in [0.05, 0.1) is 39.7 Å². The lowest BCUT2D eigenvalue weighted by molar-refractivity contribution is -0.0511. The average Bonchev–Trinajstić information content (AvgIpc) is 2.73. The SMILES string of the molecule is COC(=O)c1cc(OC)c(OC(F)F)cc1NC(=O)c1cc(OC)c(Br)c(OC)c1. The van der Waals surface area contributed by atoms with Gasteiger partial charge in [0.2, 0.25) is 0 Å². The number of benzene rings is 2. The quantitative estimate of drug-likeness (QED) is 0.557. The Morgan fingerprint density at radius 2 is 1.47 bits per heavy atom. The average molecular weight is 490 g/mol. The monoisotopic (exact) mass is 489 g/mol. The molecular weight excluding hydrogens is 472 g/mol. The van der Waals surface area contributed by atoms with Crippen molar-refractivity contribution in [3.8, 4) is 23.0 Å². The largest absolute Gasteiger partial charge is 0.495 e. The first kappa shape index (κ1) is 23.2. The number of alkyl halides is 2. The van der Waals surface area contributed by atoms with Gasteiger partial charge in [-0.25, -0.2) is 4.79 Å². The highest BCUT2D eigenvalue weighted by Crippen LogP contribution is 2.37. The third-order valence-electron chi connectivity index (χ3n) is 3.88. The van der Waals surface area contributed by atoms with Gasteiger partial charge in [-0.2, -0.15) is 8.78 Å². The van der Waals surface area contributed by atoms with E-state index < -0.39 is 18.5 Å². The zero-order chi connectivity index (χ0) is 22.4. The van der Waals surface area contributed by atoms with Crippen molar-refractivity contribution in [2.45, 2.75) is 6.61 Å². The number of anilines is 1. The van der Waals surface area contributed by atoms with Crippen LogP contribution in [-0.4, -0.2) is 46.9 Å². The number of hydrogen-bond donors (Lipinski definition) is 1. The Balaban J connectivity index is 2.52. The standard InChI is InChI=1S/C19H18BrF2NO7/c1-26-12-7-10(18(25)29-4)11(8-13(12)30-19(21)22)23-17(24)9-5-14(27-2)16(20)15(6-9)28-3/h5-8,19H,1-4H3,(H,23,24). The van der Waals surface area contributed by atoms with Gasteiger partial charge in [0, 0.05) is 17.7 Å². The van der Waals surface area contributed by atoms with Crippen molar-refractivity contribution in [2.24, 2.45) is 0 Å². The van der Waals surface area contributed by atoms with Crippen LogP contribution >= 0.6 is 15.9 Å². The van der Waals surface area contributed by atoms with Crippen LogP contribution in [0.5, 0.6) is 23.0 Å². The molecule has 11 heteroatoms. The molecule has 0 aliphatic carbocycles. The Morgan fingerprint density at radius 3 is 1.93 bits per heavy atom. The van der Waals surface area contributed by atoms with Crippen LogP contribution in [0.3, 0.4) is 0 Å². The second-order valence-electron chi connectivity index (χ2n) is 5.57. The minimum atomic E-state index is -3.15. The number of carbonyl (C=O) groups excluding carboxylic acids is 2. The molecule has 30 heavy (non-hydrogen) atoms. The number of hydrogen-bond acceptors (Lipinski definition) is 7. The lowest BCUT2D eigenvalue weighted by Gasteiger charge is -2.16. The summed E-state index contributed by atoms with van der Waals surface area (Å²) in [6.45, 7) is -3.15. The van der Waals surface area contributed by atoms with Crippen molar-refractivity contribution in [2.75, 3.05) is 33.8 Å². The number of carbonyl (C=O) groups is 2. The number of esters is 1. The van der Waals surface area contributed by atoms with Crippen LogP contribution in [0.2, 0.25) is 0 Å². The molecule has 0 fully saturated rings. The molecule has 0 aromatic heterocycles. The van der Waals surface area contributed by atoms with E-state index in [1.807, 2.05) is 0 Å². The Labute approximate surface area is 179 Å². The second kappa shape index (κ2) is 10.1. The molecule has 0 aliphatic rings. The fourth-order valence-electron chi connectivity index (χ4n) is 2.48. The zero-order valence-electron chi connectivity index (χ0n) is 16.4. The molecule has 2 rings (SSSR count). The molecule has 8 nitrogen and oxygen atoms in total. The maximum Gasteiger partial charge on any atom is 0.387 e. The highest BCUT2D eigenvalue weighted by Gasteiger charge is 2.22. The number of methoxy groups -OCH3 is 4. The van der Waals surface area contributed by atoms with Gasteiger partial charge in [-0.05, 0) is 28.1 Å². The van der Waals surface area contributed by atoms with E-state index in [4.69, 9.17) is 18.9 Å². The number of rotatable bonds is 8. The third kappa shape index (κ3) is 5.09. The molecule has 0 bridgehead atoms. The highest BCUT2D eigenvalue weighted by molar-refractivity contribution is 9.10. The first-order valence-corrected chi connectivity index (χ1v) is 9.03. The summed E-state index contributed by atoms with van der Waals surface area (Å²) in [7, 11) is 5.17. The summed E-state index contributed by atoms with van der Waals surface area (Å²) in [5, 5.41) is 2.48. The molecule has 0 saturated carbocycles. The van der Waals surface area contributed by atoms with Crippen LogP contribution in [0.1, 0.15) is 20.7 Å². The Morgan fingerprint density at radius 1 is 0.900 bits per heavy atom. The van der Waals surface area contributed by atoms with Crippen LogP contribution in [0, 0.1) is 0 Å². The van der Waals surface area contributed by atoms with E-state index in [9.17, 15) is 18.4 Å². The fourth-order valence-corrected chi connectivity index (χ4v) is 3.04. The van der Waals surface area contributed by atoms with Crippen LogP contribution in [0.15, 0.2) is 28.7 Å². The first-order chi connectivity index (χ1) is 14.2. The smallest absolute Gasteiger partial charge is 0.387 e. The molecular formula is C19H18BrF2NO7. The van der Waals surface area contributed by atoms with Crippen molar-refractivity contribution in [3.05, 3.63) is 39.9 Å². The van der Waals surface area contributed by atoms with Crippen molar-refractivity contribution >= 4 is 33.5 Å². The predicted octanol–water partition coefficient (Wildman–Crippen LogP) is 4.12. The topological polar surface area (TPSA) is 92.3 Å². The Bertz CT molecular complexity index is 928. The third-order valence-corrected chi connectivity index (χ3v) is 4.66. The van der Waals surface area contributed by atoms with Crippen molar-refractivity contribution in [3.63, 3.8) is 0 Å². The van der Waals surface area contributed by atoms with Gasteiger partial charge in [0.15, 0.2) is 11.5 Å². The molecule has 0 radical (unpaired) electrons. The van der Waals surface area contributed by atoms with Crippen molar-refractivity contribution in [1.29, 1.82) is 0 Å². The lowest BCUT2D eigenvalue weighted by atomic mass is 10.1. The molecule has 2 aromatic rings. The lowest BCUT2D eigenvalue weighted by Crippen LogP contribution is -2.16. The fraction of sp³-hybridized carbons (Fsp3) is 0.263. The number of halogens is 3. The van der Waals surface area contributed by atoms with E-state index in [2.05, 4.69) is 26.0 Å². The summed E-state index contributed by atoms with van der Waals surface area (Å²) in [5.74, 6) is -1.36. The van der Waals surface area contributed by atoms with E-state index in [1.165, 1.54) is 33.5 Å². The van der Waals surface area contributed by atoms with Crippen LogP contribution in [0.25, 0.3) is 0 Å². The predicted molar refractivity (Wildman–Crippen MR) is 106 cm³/mol. The molecule has 1 N–H and O–H groups in total. The van der Waals surface area contributed by atoms with Gasteiger partial charge in [0.1, 0.15) is 16.0 Å². The van der Waals surface area contributed by atoms with Crippen LogP contribution in [0.4, 0.5) is 14.5 Å². The van der Waals surface area contributed by atoms with E-state index >= 15 is 0 Å². The molecule has 162 valence electrons. The van der Waals surface area contributed by atoms with E-state index in [1.54, 1.807) is 0 Å². The van der Waals surface area contributed by atoms with Gasteiger partial charge in [-0.1, -0.05) is 0 Å². The minimum absolute atomic E-state index is 0.120. The second-order valence-corrected chi connectivity index (χ2v) is 6.36. The maximum absolute atomic E-state index is 12.8. The zero-order valence-corrected chi connectivity index (χ0v) is 18.0. The van der Waals surface area contributed by atoms with Gasteiger partial charge in [-0.3, -0.25) is 4.79 Å². The number of nitrogens with one attached hydrogen (secondary N) is 1. The first-order valence-electron chi connectivity index (χ1n) is 8.23. The van der Waals surface area contributed by atoms with Crippen molar-refractivity contribution < 1.29 is 42.1 Å². The number of amides is 1. The minimum Gasteiger partial charge on any atom is -0.495 e. The summed E-state index contributed by atoms with van der Waals surface area (Å²) in [6.07, 6.45) is 0. The van der Waals surface area contributed by atoms with Gasteiger partial charge < -0.3 is 29.0 Å². The van der Waals surface area contributed by atoms with Gasteiger partial charge in [-0.15, -0.1) is 0 Å². The van der Waals surface area contributed by atoms with E-state index in [0.29, 0.717) is 16.0 Å². The molecule has 0 heterocycles. The normalized spacial score (nSPS) is 10.4. The number of ether oxygens (including phenoxy) is 5. The van der Waals surface area contributed by atoms with Gasteiger partial charge >= 0.3 is 12.6 Å². The molecule has 0 spiro atoms.